The fraction of sp³-hybridized carbons (Fsp3) is 0.286. The molecule has 0 atom stereocenters. The van der Waals surface area contributed by atoms with Crippen LogP contribution in [0, 0.1) is 0 Å². The van der Waals surface area contributed by atoms with E-state index < -0.39 is 0 Å². The van der Waals surface area contributed by atoms with Gasteiger partial charge in [-0.1, -0.05) is 53.5 Å². The second-order valence-corrected chi connectivity index (χ2v) is 5.23. The van der Waals surface area contributed by atoms with Gasteiger partial charge in [0, 0.05) is 13.0 Å². The monoisotopic (exact) mass is 295 g/mol. The molecule has 0 N–H and O–H groups in total. The maximum Gasteiger partial charge on any atom is 0.142 e. The smallest absolute Gasteiger partial charge is 0.142 e. The lowest BCUT2D eigenvalue weighted by atomic mass is 10.1. The highest BCUT2D eigenvalue weighted by Crippen LogP contribution is 2.32. The van der Waals surface area contributed by atoms with E-state index in [1.54, 1.807) is 0 Å². The minimum Gasteiger partial charge on any atom is -0.309 e. The lowest BCUT2D eigenvalue weighted by Gasteiger charge is -2.11. The van der Waals surface area contributed by atoms with Gasteiger partial charge in [0.05, 0.1) is 5.56 Å². The third kappa shape index (κ3) is 3.66. The molecule has 0 bridgehead atoms. The molecule has 0 fully saturated rings. The molecular formula is C14H15Cl2N3. The van der Waals surface area contributed by atoms with E-state index in [1.807, 2.05) is 44.4 Å². The van der Waals surface area contributed by atoms with Crippen LogP contribution in [0.2, 0.25) is 10.3 Å². The number of rotatable bonds is 4. The zero-order chi connectivity index (χ0) is 13.8. The van der Waals surface area contributed by atoms with Gasteiger partial charge in [0.25, 0.3) is 0 Å². The summed E-state index contributed by atoms with van der Waals surface area (Å²) < 4.78 is 0. The van der Waals surface area contributed by atoms with E-state index in [4.69, 9.17) is 23.2 Å². The van der Waals surface area contributed by atoms with Gasteiger partial charge in [-0.3, -0.25) is 0 Å². The quantitative estimate of drug-likeness (QED) is 0.808. The standard InChI is InChI=1S/C14H15Cl2N3/c1-19(2)9-8-11-17-13(15)12(14(16)18-11)10-6-4-3-5-7-10/h3-7H,8-9H2,1-2H3. The summed E-state index contributed by atoms with van der Waals surface area (Å²) in [6, 6.07) is 9.69. The van der Waals surface area contributed by atoms with E-state index in [-0.39, 0.29) is 0 Å². The van der Waals surface area contributed by atoms with Crippen molar-refractivity contribution in [1.82, 2.24) is 14.9 Å². The maximum absolute atomic E-state index is 6.24. The van der Waals surface area contributed by atoms with Gasteiger partial charge in [0.1, 0.15) is 16.1 Å². The Morgan fingerprint density at radius 1 is 1.00 bits per heavy atom. The summed E-state index contributed by atoms with van der Waals surface area (Å²) in [7, 11) is 4.00. The summed E-state index contributed by atoms with van der Waals surface area (Å²) in [5.41, 5.74) is 1.62. The number of halogens is 2. The van der Waals surface area contributed by atoms with Crippen LogP contribution in [0.5, 0.6) is 0 Å². The molecular weight excluding hydrogens is 281 g/mol. The van der Waals surface area contributed by atoms with E-state index in [1.165, 1.54) is 0 Å². The molecule has 0 amide bonds. The van der Waals surface area contributed by atoms with Gasteiger partial charge in [-0.2, -0.15) is 0 Å². The molecule has 19 heavy (non-hydrogen) atoms. The molecule has 0 aliphatic carbocycles. The van der Waals surface area contributed by atoms with Gasteiger partial charge < -0.3 is 4.90 Å². The molecule has 0 unspecified atom stereocenters. The van der Waals surface area contributed by atoms with Crippen molar-refractivity contribution in [3.63, 3.8) is 0 Å². The zero-order valence-electron chi connectivity index (χ0n) is 10.9. The van der Waals surface area contributed by atoms with Crippen LogP contribution in [0.1, 0.15) is 5.82 Å². The first-order chi connectivity index (χ1) is 9.08. The van der Waals surface area contributed by atoms with E-state index in [0.29, 0.717) is 21.7 Å². The summed E-state index contributed by atoms with van der Waals surface area (Å²) in [4.78, 5) is 10.7. The van der Waals surface area contributed by atoms with Gasteiger partial charge in [-0.15, -0.1) is 0 Å². The number of aromatic nitrogens is 2. The minimum atomic E-state index is 0.403. The lowest BCUT2D eigenvalue weighted by molar-refractivity contribution is 0.409. The van der Waals surface area contributed by atoms with Crippen LogP contribution in [0.25, 0.3) is 11.1 Å². The predicted octanol–water partition coefficient (Wildman–Crippen LogP) is 3.55. The number of hydrogen-bond acceptors (Lipinski definition) is 3. The average molecular weight is 296 g/mol. The molecule has 0 saturated heterocycles. The van der Waals surface area contributed by atoms with Crippen molar-refractivity contribution in [3.05, 3.63) is 46.5 Å². The van der Waals surface area contributed by atoms with Gasteiger partial charge in [-0.25, -0.2) is 9.97 Å². The normalized spacial score (nSPS) is 11.0. The average Bonchev–Trinajstić information content (AvgIpc) is 2.37. The second kappa shape index (κ2) is 6.33. The van der Waals surface area contributed by atoms with Gasteiger partial charge >= 0.3 is 0 Å². The van der Waals surface area contributed by atoms with Crippen LogP contribution in [0.3, 0.4) is 0 Å². The molecule has 0 saturated carbocycles. The van der Waals surface area contributed by atoms with Crippen molar-refractivity contribution in [2.24, 2.45) is 0 Å². The minimum absolute atomic E-state index is 0.403. The second-order valence-electron chi connectivity index (χ2n) is 4.52. The van der Waals surface area contributed by atoms with Crippen molar-refractivity contribution in [2.75, 3.05) is 20.6 Å². The Balaban J connectivity index is 2.33. The Morgan fingerprint density at radius 2 is 1.58 bits per heavy atom. The Kier molecular flexibility index (Phi) is 4.75. The summed E-state index contributed by atoms with van der Waals surface area (Å²) in [5.74, 6) is 0.670. The number of hydrogen-bond donors (Lipinski definition) is 0. The third-order valence-corrected chi connectivity index (χ3v) is 3.26. The topological polar surface area (TPSA) is 29.0 Å². The Morgan fingerprint density at radius 3 is 2.11 bits per heavy atom. The molecule has 5 heteroatoms. The molecule has 0 spiro atoms. The van der Waals surface area contributed by atoms with Crippen molar-refractivity contribution < 1.29 is 0 Å². The van der Waals surface area contributed by atoms with E-state index >= 15 is 0 Å². The molecule has 100 valence electrons. The first kappa shape index (κ1) is 14.3. The van der Waals surface area contributed by atoms with Crippen molar-refractivity contribution in [2.45, 2.75) is 6.42 Å². The van der Waals surface area contributed by atoms with E-state index in [9.17, 15) is 0 Å². The summed E-state index contributed by atoms with van der Waals surface area (Å²) in [6.45, 7) is 0.858. The van der Waals surface area contributed by atoms with E-state index in [0.717, 1.165) is 18.5 Å². The molecule has 1 heterocycles. The number of likely N-dealkylation sites (N-methyl/N-ethyl adjacent to an activating group) is 1. The Labute approximate surface area is 123 Å². The van der Waals surface area contributed by atoms with Crippen molar-refractivity contribution >= 4 is 23.2 Å². The van der Waals surface area contributed by atoms with Gasteiger partial charge in [-0.05, 0) is 19.7 Å². The molecule has 0 aliphatic rings. The first-order valence-electron chi connectivity index (χ1n) is 6.00. The van der Waals surface area contributed by atoms with Crippen LogP contribution in [-0.2, 0) is 6.42 Å². The molecule has 2 rings (SSSR count). The van der Waals surface area contributed by atoms with E-state index in [2.05, 4.69) is 14.9 Å². The number of nitrogens with zero attached hydrogens (tertiary/aromatic N) is 3. The predicted molar refractivity (Wildman–Crippen MR) is 79.7 cm³/mol. The molecule has 0 aliphatic heterocycles. The largest absolute Gasteiger partial charge is 0.309 e. The highest BCUT2D eigenvalue weighted by molar-refractivity contribution is 6.37. The molecule has 0 radical (unpaired) electrons. The SMILES string of the molecule is CN(C)CCc1nc(Cl)c(-c2ccccc2)c(Cl)n1. The molecule has 1 aromatic heterocycles. The summed E-state index contributed by atoms with van der Waals surface area (Å²) in [5, 5.41) is 0.805. The maximum atomic E-state index is 6.24. The van der Waals surface area contributed by atoms with Crippen LogP contribution in [0.4, 0.5) is 0 Å². The molecule has 3 nitrogen and oxygen atoms in total. The van der Waals surface area contributed by atoms with Crippen LogP contribution >= 0.6 is 23.2 Å². The van der Waals surface area contributed by atoms with Gasteiger partial charge in [0.15, 0.2) is 0 Å². The zero-order valence-corrected chi connectivity index (χ0v) is 12.4. The van der Waals surface area contributed by atoms with Crippen molar-refractivity contribution in [3.8, 4) is 11.1 Å². The molecule has 1 aromatic carbocycles. The Hall–Kier alpha value is -1.16. The fourth-order valence-electron chi connectivity index (χ4n) is 1.73. The molecule has 2 aromatic rings. The lowest BCUT2D eigenvalue weighted by Crippen LogP contribution is -2.16. The highest BCUT2D eigenvalue weighted by atomic mass is 35.5. The Bertz CT molecular complexity index is 533. The highest BCUT2D eigenvalue weighted by Gasteiger charge is 2.13. The third-order valence-electron chi connectivity index (χ3n) is 2.71. The first-order valence-corrected chi connectivity index (χ1v) is 6.75. The van der Waals surface area contributed by atoms with Crippen molar-refractivity contribution in [1.29, 1.82) is 0 Å². The van der Waals surface area contributed by atoms with Crippen LogP contribution < -0.4 is 0 Å². The number of benzene rings is 1. The summed E-state index contributed by atoms with van der Waals surface area (Å²) in [6.07, 6.45) is 0.724. The van der Waals surface area contributed by atoms with Gasteiger partial charge in [0.2, 0.25) is 0 Å². The van der Waals surface area contributed by atoms with Crippen LogP contribution in [-0.4, -0.2) is 35.5 Å². The van der Waals surface area contributed by atoms with Crippen LogP contribution in [0.15, 0.2) is 30.3 Å². The summed E-state index contributed by atoms with van der Waals surface area (Å²) >= 11 is 12.5. The fourth-order valence-corrected chi connectivity index (χ4v) is 2.37.